The zero-order valence-electron chi connectivity index (χ0n) is 21.2. The minimum absolute atomic E-state index is 0.0255. The molecule has 2 amide bonds. The molecule has 2 N–H and O–H groups in total. The molecule has 11 heteroatoms. The molecular weight excluding hydrogens is 514 g/mol. The third-order valence-corrected chi connectivity index (χ3v) is 8.30. The molecule has 0 aliphatic carbocycles. The van der Waals surface area contributed by atoms with Crippen LogP contribution >= 0.6 is 11.6 Å². The van der Waals surface area contributed by atoms with E-state index in [1.807, 2.05) is 4.90 Å². The highest BCUT2D eigenvalue weighted by Crippen LogP contribution is 2.31. The number of anilines is 2. The summed E-state index contributed by atoms with van der Waals surface area (Å²) in [5, 5.41) is 6.44. The van der Waals surface area contributed by atoms with Crippen LogP contribution in [0.3, 0.4) is 0 Å². The van der Waals surface area contributed by atoms with Crippen LogP contribution in [-0.4, -0.2) is 75.6 Å². The van der Waals surface area contributed by atoms with Crippen LogP contribution < -0.4 is 15.5 Å². The van der Waals surface area contributed by atoms with Gasteiger partial charge in [0.2, 0.25) is 5.91 Å². The van der Waals surface area contributed by atoms with Crippen molar-refractivity contribution >= 4 is 44.8 Å². The van der Waals surface area contributed by atoms with Gasteiger partial charge in [0.15, 0.2) is 15.7 Å². The second-order valence-corrected chi connectivity index (χ2v) is 12.5. The van der Waals surface area contributed by atoms with Crippen LogP contribution in [0.1, 0.15) is 42.5 Å². The normalized spacial score (nSPS) is 19.4. The van der Waals surface area contributed by atoms with E-state index in [1.165, 1.54) is 12.3 Å². The van der Waals surface area contributed by atoms with Crippen LogP contribution in [0.5, 0.6) is 0 Å². The first-order chi connectivity index (χ1) is 17.6. The van der Waals surface area contributed by atoms with Crippen LogP contribution in [-0.2, 0) is 14.6 Å². The Balaban J connectivity index is 1.42. The highest BCUT2D eigenvalue weighted by atomic mass is 35.5. The van der Waals surface area contributed by atoms with Gasteiger partial charge in [0.05, 0.1) is 10.6 Å². The van der Waals surface area contributed by atoms with E-state index in [0.717, 1.165) is 45.0 Å². The van der Waals surface area contributed by atoms with E-state index in [9.17, 15) is 18.0 Å². The number of likely N-dealkylation sites (N-methyl/N-ethyl adjacent to an activating group) is 1. The lowest BCUT2D eigenvalue weighted by Gasteiger charge is -2.34. The molecule has 37 heavy (non-hydrogen) atoms. The third kappa shape index (κ3) is 7.43. The van der Waals surface area contributed by atoms with E-state index in [4.69, 9.17) is 11.6 Å². The van der Waals surface area contributed by atoms with Crippen LogP contribution in [0.4, 0.5) is 11.5 Å². The van der Waals surface area contributed by atoms with Crippen molar-refractivity contribution < 1.29 is 18.0 Å². The summed E-state index contributed by atoms with van der Waals surface area (Å²) >= 11 is 6.03. The quantitative estimate of drug-likeness (QED) is 0.547. The van der Waals surface area contributed by atoms with Crippen molar-refractivity contribution in [3.8, 4) is 0 Å². The molecule has 0 radical (unpaired) electrons. The maximum absolute atomic E-state index is 12.9. The first-order valence-corrected chi connectivity index (χ1v) is 14.9. The molecule has 3 heterocycles. The molecule has 1 unspecified atom stereocenters. The number of amides is 2. The molecule has 2 saturated heterocycles. The van der Waals surface area contributed by atoms with Crippen LogP contribution in [0.2, 0.25) is 5.02 Å². The largest absolute Gasteiger partial charge is 0.355 e. The molecule has 4 rings (SSSR count). The topological polar surface area (TPSA) is 112 Å². The number of aromatic nitrogens is 1. The van der Waals surface area contributed by atoms with Gasteiger partial charge in [-0.05, 0) is 69.5 Å². The lowest BCUT2D eigenvalue weighted by molar-refractivity contribution is -0.123. The summed E-state index contributed by atoms with van der Waals surface area (Å²) in [7, 11) is -1.44. The lowest BCUT2D eigenvalue weighted by Crippen LogP contribution is -2.47. The molecule has 1 aromatic carbocycles. The Morgan fingerprint density at radius 3 is 2.57 bits per heavy atom. The Labute approximate surface area is 223 Å². The van der Waals surface area contributed by atoms with E-state index in [-0.39, 0.29) is 22.8 Å². The SMILES string of the molecule is CN1CCCC(NC(=O)CC2CCN(c3ncc(S(C)(=O)=O)cc3NC(=O)c3cccc(Cl)c3)CC2)C1. The Morgan fingerprint density at radius 1 is 1.14 bits per heavy atom. The number of nitrogens with zero attached hydrogens (tertiary/aromatic N) is 3. The molecular formula is C26H34ClN5O4S. The number of sulfone groups is 1. The van der Waals surface area contributed by atoms with E-state index in [1.54, 1.807) is 24.3 Å². The van der Waals surface area contributed by atoms with Crippen molar-refractivity contribution in [2.75, 3.05) is 49.7 Å². The van der Waals surface area contributed by atoms with Gasteiger partial charge in [-0.25, -0.2) is 13.4 Å². The van der Waals surface area contributed by atoms with Crippen molar-refractivity contribution in [1.82, 2.24) is 15.2 Å². The first kappa shape index (κ1) is 27.3. The zero-order chi connectivity index (χ0) is 26.6. The average Bonchev–Trinajstić information content (AvgIpc) is 2.84. The molecule has 2 aliphatic heterocycles. The molecule has 2 aliphatic rings. The highest BCUT2D eigenvalue weighted by Gasteiger charge is 2.27. The Morgan fingerprint density at radius 2 is 1.89 bits per heavy atom. The van der Waals surface area contributed by atoms with Crippen molar-refractivity contribution in [1.29, 1.82) is 0 Å². The van der Waals surface area contributed by atoms with Crippen molar-refractivity contribution in [3.63, 3.8) is 0 Å². The number of pyridine rings is 1. The van der Waals surface area contributed by atoms with Crippen LogP contribution in [0.25, 0.3) is 0 Å². The van der Waals surface area contributed by atoms with E-state index in [2.05, 4.69) is 27.6 Å². The summed E-state index contributed by atoms with van der Waals surface area (Å²) < 4.78 is 24.3. The number of likely N-dealkylation sites (tertiary alicyclic amines) is 1. The fourth-order valence-electron chi connectivity index (χ4n) is 4.99. The van der Waals surface area contributed by atoms with Gasteiger partial charge in [0, 0.05) is 55.1 Å². The predicted octanol–water partition coefficient (Wildman–Crippen LogP) is 3.21. The van der Waals surface area contributed by atoms with Crippen LogP contribution in [0, 0.1) is 5.92 Å². The molecule has 2 aromatic rings. The highest BCUT2D eigenvalue weighted by molar-refractivity contribution is 7.90. The van der Waals surface area contributed by atoms with E-state index >= 15 is 0 Å². The lowest BCUT2D eigenvalue weighted by atomic mass is 9.92. The van der Waals surface area contributed by atoms with Crippen molar-refractivity contribution in [2.24, 2.45) is 5.92 Å². The summed E-state index contributed by atoms with van der Waals surface area (Å²) in [5.74, 6) is 0.466. The van der Waals surface area contributed by atoms with Gasteiger partial charge in [-0.2, -0.15) is 0 Å². The number of carbonyl (C=O) groups is 2. The first-order valence-electron chi connectivity index (χ1n) is 12.6. The number of hydrogen-bond donors (Lipinski definition) is 2. The summed E-state index contributed by atoms with van der Waals surface area (Å²) in [6.45, 7) is 3.26. The maximum Gasteiger partial charge on any atom is 0.255 e. The second kappa shape index (κ2) is 11.8. The summed E-state index contributed by atoms with van der Waals surface area (Å²) in [6.07, 6.45) is 6.64. The molecule has 0 bridgehead atoms. The average molecular weight is 548 g/mol. The van der Waals surface area contributed by atoms with Gasteiger partial charge >= 0.3 is 0 Å². The number of carbonyl (C=O) groups excluding carboxylic acids is 2. The molecule has 0 saturated carbocycles. The van der Waals surface area contributed by atoms with E-state index < -0.39 is 15.7 Å². The van der Waals surface area contributed by atoms with Gasteiger partial charge in [0.1, 0.15) is 0 Å². The molecule has 2 fully saturated rings. The molecule has 9 nitrogen and oxygen atoms in total. The number of piperidine rings is 2. The molecule has 200 valence electrons. The Bertz CT molecular complexity index is 1250. The molecule has 0 spiro atoms. The number of rotatable bonds is 7. The van der Waals surface area contributed by atoms with Gasteiger partial charge in [0.25, 0.3) is 5.91 Å². The number of halogens is 1. The zero-order valence-corrected chi connectivity index (χ0v) is 22.8. The minimum Gasteiger partial charge on any atom is -0.355 e. The minimum atomic E-state index is -3.52. The molecule has 1 atom stereocenters. The summed E-state index contributed by atoms with van der Waals surface area (Å²) in [6, 6.07) is 8.20. The van der Waals surface area contributed by atoms with E-state index in [0.29, 0.717) is 41.6 Å². The van der Waals surface area contributed by atoms with Gasteiger partial charge < -0.3 is 20.4 Å². The van der Waals surface area contributed by atoms with Crippen LogP contribution in [0.15, 0.2) is 41.4 Å². The molecule has 1 aromatic heterocycles. The standard InChI is InChI=1S/C26H34ClN5O4S/c1-31-10-4-7-21(17-31)29-24(33)13-18-8-11-32(12-9-18)25-23(15-22(16-28-25)37(2,35)36)30-26(34)19-5-3-6-20(27)14-19/h3,5-6,14-16,18,21H,4,7-13,17H2,1-2H3,(H,29,33)(H,30,34). The summed E-state index contributed by atoms with van der Waals surface area (Å²) in [4.78, 5) is 34.3. The number of hydrogen-bond acceptors (Lipinski definition) is 7. The summed E-state index contributed by atoms with van der Waals surface area (Å²) in [5.41, 5.74) is 0.683. The van der Waals surface area contributed by atoms with Gasteiger partial charge in [-0.1, -0.05) is 17.7 Å². The predicted molar refractivity (Wildman–Crippen MR) is 145 cm³/mol. The van der Waals surface area contributed by atoms with Crippen molar-refractivity contribution in [2.45, 2.75) is 43.0 Å². The van der Waals surface area contributed by atoms with Gasteiger partial charge in [-0.3, -0.25) is 9.59 Å². The number of nitrogens with one attached hydrogen (secondary N) is 2. The third-order valence-electron chi connectivity index (χ3n) is 6.98. The fraction of sp³-hybridized carbons (Fsp3) is 0.500. The fourth-order valence-corrected chi connectivity index (χ4v) is 5.76. The monoisotopic (exact) mass is 547 g/mol. The van der Waals surface area contributed by atoms with Crippen molar-refractivity contribution in [3.05, 3.63) is 47.1 Å². The maximum atomic E-state index is 12.9. The second-order valence-electron chi connectivity index (χ2n) is 10.1. The van der Waals surface area contributed by atoms with Gasteiger partial charge in [-0.15, -0.1) is 0 Å². The smallest absolute Gasteiger partial charge is 0.255 e. The Kier molecular flexibility index (Phi) is 8.71. The Hall–Kier alpha value is -2.69. The number of benzene rings is 1.